The van der Waals surface area contributed by atoms with Crippen molar-refractivity contribution in [2.24, 2.45) is 0 Å². The minimum atomic E-state index is -4.66. The normalized spacial score (nSPS) is 24.6. The van der Waals surface area contributed by atoms with Crippen LogP contribution in [0, 0.1) is 5.82 Å². The maximum absolute atomic E-state index is 15.5. The first-order chi connectivity index (χ1) is 16.9. The Bertz CT molecular complexity index is 1370. The zero-order valence-corrected chi connectivity index (χ0v) is 22.4. The average Bonchev–Trinajstić information content (AvgIpc) is 3.22. The van der Waals surface area contributed by atoms with Crippen molar-refractivity contribution in [1.82, 2.24) is 9.55 Å². The molecule has 3 unspecified atom stereocenters. The Kier molecular flexibility index (Phi) is 6.84. The molecular formula is C24H32FN2O9P. The number of halogens is 1. The lowest BCUT2D eigenvalue weighted by molar-refractivity contribution is -0.349. The van der Waals surface area contributed by atoms with E-state index in [4.69, 9.17) is 18.3 Å². The lowest BCUT2D eigenvalue weighted by Gasteiger charge is -2.36. The van der Waals surface area contributed by atoms with Gasteiger partial charge in [0, 0.05) is 17.8 Å². The first-order valence-corrected chi connectivity index (χ1v) is 13.3. The van der Waals surface area contributed by atoms with Crippen molar-refractivity contribution in [3.8, 4) is 5.75 Å². The third kappa shape index (κ3) is 5.45. The highest BCUT2D eigenvalue weighted by Crippen LogP contribution is 2.59. The van der Waals surface area contributed by atoms with Gasteiger partial charge in [0.05, 0.1) is 12.2 Å². The highest BCUT2D eigenvalue weighted by molar-refractivity contribution is 7.49. The van der Waals surface area contributed by atoms with Gasteiger partial charge in [-0.05, 0) is 35.3 Å². The molecule has 13 heteroatoms. The summed E-state index contributed by atoms with van der Waals surface area (Å²) in [5.41, 5.74) is -1.38. The number of hydrogen-bond donors (Lipinski definition) is 3. The molecule has 0 bridgehead atoms. The van der Waals surface area contributed by atoms with Crippen LogP contribution in [0.5, 0.6) is 5.75 Å². The number of nitrogens with zero attached hydrogens (tertiary/aromatic N) is 1. The van der Waals surface area contributed by atoms with Crippen LogP contribution in [0.4, 0.5) is 4.39 Å². The molecular weight excluding hydrogens is 510 g/mol. The summed E-state index contributed by atoms with van der Waals surface area (Å²) in [6, 6.07) is 2.78. The van der Waals surface area contributed by atoms with E-state index in [9.17, 15) is 24.4 Å². The van der Waals surface area contributed by atoms with Crippen LogP contribution in [0.3, 0.4) is 0 Å². The standard InChI is InChI=1S/C24H32FN2O9P/c1-22(2,3)14-11-15(23(4,5)6)20-13(19(14)25)12-33-37(32,35-20)36-24(30,31)16-7-8-18(34-16)27-10-9-17(28)26-21(27)29/h9-11,16,18,30-31H,7-8,12H2,1-6H3,(H,26,28,29). The summed E-state index contributed by atoms with van der Waals surface area (Å²) in [6.45, 7) is 10.8. The smallest absolute Gasteiger partial charge is 0.403 e. The number of hydrogen-bond acceptors (Lipinski definition) is 9. The largest absolute Gasteiger partial charge is 0.534 e. The third-order valence-corrected chi connectivity index (χ3v) is 7.66. The minimum Gasteiger partial charge on any atom is -0.403 e. The highest BCUT2D eigenvalue weighted by Gasteiger charge is 2.52. The van der Waals surface area contributed by atoms with Crippen molar-refractivity contribution < 1.29 is 37.5 Å². The predicted molar refractivity (Wildman–Crippen MR) is 130 cm³/mol. The molecule has 204 valence electrons. The van der Waals surface area contributed by atoms with Gasteiger partial charge in [-0.1, -0.05) is 41.5 Å². The fraction of sp³-hybridized carbons (Fsp3) is 0.583. The number of phosphoric acid groups is 1. The molecule has 11 nitrogen and oxygen atoms in total. The number of rotatable bonds is 4. The molecule has 2 aliphatic rings. The van der Waals surface area contributed by atoms with Gasteiger partial charge in [0.2, 0.25) is 0 Å². The van der Waals surface area contributed by atoms with Gasteiger partial charge in [-0.3, -0.25) is 18.9 Å². The van der Waals surface area contributed by atoms with E-state index in [1.165, 1.54) is 6.20 Å². The molecule has 1 aromatic carbocycles. The summed E-state index contributed by atoms with van der Waals surface area (Å²) in [7, 11) is -4.66. The molecule has 37 heavy (non-hydrogen) atoms. The fourth-order valence-corrected chi connectivity index (χ4v) is 5.65. The van der Waals surface area contributed by atoms with Crippen LogP contribution in [-0.2, 0) is 35.8 Å². The van der Waals surface area contributed by atoms with Crippen LogP contribution >= 0.6 is 7.82 Å². The summed E-state index contributed by atoms with van der Waals surface area (Å²) < 4.78 is 51.4. The van der Waals surface area contributed by atoms with Crippen molar-refractivity contribution in [3.05, 3.63) is 61.7 Å². The minimum absolute atomic E-state index is 0.00334. The van der Waals surface area contributed by atoms with Crippen LogP contribution in [0.1, 0.15) is 77.3 Å². The number of nitrogens with one attached hydrogen (secondary N) is 1. The second kappa shape index (κ2) is 9.14. The summed E-state index contributed by atoms with van der Waals surface area (Å²) in [4.78, 5) is 25.4. The van der Waals surface area contributed by atoms with Gasteiger partial charge in [0.25, 0.3) is 5.56 Å². The summed E-state index contributed by atoms with van der Waals surface area (Å²) >= 11 is 0. The zero-order valence-electron chi connectivity index (χ0n) is 21.5. The number of aliphatic hydroxyl groups is 2. The number of fused-ring (bicyclic) bond motifs is 1. The van der Waals surface area contributed by atoms with Gasteiger partial charge in [0.1, 0.15) is 23.9 Å². The predicted octanol–water partition coefficient (Wildman–Crippen LogP) is 3.32. The molecule has 1 fully saturated rings. The van der Waals surface area contributed by atoms with E-state index in [1.807, 2.05) is 41.5 Å². The second-order valence-corrected chi connectivity index (χ2v) is 12.8. The number of aromatic amines is 1. The van der Waals surface area contributed by atoms with Crippen molar-refractivity contribution in [1.29, 1.82) is 0 Å². The fourth-order valence-electron chi connectivity index (χ4n) is 4.34. The summed E-state index contributed by atoms with van der Waals surface area (Å²) in [5.74, 6) is -3.73. The van der Waals surface area contributed by atoms with Gasteiger partial charge in [-0.2, -0.15) is 0 Å². The molecule has 0 saturated carbocycles. The van der Waals surface area contributed by atoms with Crippen molar-refractivity contribution in [2.45, 2.75) is 90.1 Å². The number of ether oxygens (including phenoxy) is 1. The van der Waals surface area contributed by atoms with Gasteiger partial charge in [-0.15, -0.1) is 0 Å². The number of aromatic nitrogens is 2. The Balaban J connectivity index is 1.60. The van der Waals surface area contributed by atoms with Gasteiger partial charge >= 0.3 is 19.5 Å². The molecule has 2 aliphatic heterocycles. The molecule has 3 N–H and O–H groups in total. The number of H-pyrrole nitrogens is 1. The molecule has 1 saturated heterocycles. The lowest BCUT2D eigenvalue weighted by Crippen LogP contribution is -2.45. The Morgan fingerprint density at radius 3 is 2.35 bits per heavy atom. The first-order valence-electron chi connectivity index (χ1n) is 11.8. The van der Waals surface area contributed by atoms with E-state index in [0.29, 0.717) is 11.1 Å². The van der Waals surface area contributed by atoms with E-state index in [-0.39, 0.29) is 24.2 Å². The van der Waals surface area contributed by atoms with Crippen LogP contribution in [0.15, 0.2) is 27.9 Å². The van der Waals surface area contributed by atoms with E-state index >= 15 is 4.39 Å². The maximum atomic E-state index is 15.5. The van der Waals surface area contributed by atoms with Crippen molar-refractivity contribution in [2.75, 3.05) is 0 Å². The van der Waals surface area contributed by atoms with Crippen LogP contribution in [-0.4, -0.2) is 31.8 Å². The zero-order chi connectivity index (χ0) is 27.6. The van der Waals surface area contributed by atoms with E-state index in [1.54, 1.807) is 6.07 Å². The van der Waals surface area contributed by atoms with Gasteiger partial charge < -0.3 is 19.5 Å². The molecule has 0 amide bonds. The monoisotopic (exact) mass is 542 g/mol. The van der Waals surface area contributed by atoms with Gasteiger partial charge in [0.15, 0.2) is 0 Å². The Hall–Kier alpha value is -2.34. The van der Waals surface area contributed by atoms with E-state index in [2.05, 4.69) is 4.98 Å². The second-order valence-electron chi connectivity index (χ2n) is 11.3. The molecule has 0 radical (unpaired) electrons. The molecule has 0 spiro atoms. The third-order valence-electron chi connectivity index (χ3n) is 6.32. The van der Waals surface area contributed by atoms with E-state index < -0.39 is 60.6 Å². The molecule has 1 aromatic heterocycles. The Morgan fingerprint density at radius 1 is 1.11 bits per heavy atom. The van der Waals surface area contributed by atoms with Crippen molar-refractivity contribution in [3.63, 3.8) is 0 Å². The molecule has 4 rings (SSSR count). The van der Waals surface area contributed by atoms with E-state index in [0.717, 1.165) is 10.6 Å². The van der Waals surface area contributed by atoms with Gasteiger partial charge in [-0.25, -0.2) is 18.3 Å². The average molecular weight is 542 g/mol. The quantitative estimate of drug-likeness (QED) is 0.391. The van der Waals surface area contributed by atoms with Crippen molar-refractivity contribution >= 4 is 7.82 Å². The summed E-state index contributed by atoms with van der Waals surface area (Å²) in [6.07, 6.45) is -1.02. The highest BCUT2D eigenvalue weighted by atomic mass is 31.2. The van der Waals surface area contributed by atoms with Crippen LogP contribution in [0.2, 0.25) is 0 Å². The molecule has 2 aromatic rings. The summed E-state index contributed by atoms with van der Waals surface area (Å²) in [5, 5.41) is 21.3. The molecule has 3 heterocycles. The number of benzene rings is 1. The SMILES string of the molecule is CC(C)(C)c1cc(C(C)(C)C)c2c(c1F)COP(=O)(OC(O)(O)C1CCC(n3ccc(=O)[nH]c3=O)O1)O2. The van der Waals surface area contributed by atoms with Crippen LogP contribution < -0.4 is 15.8 Å². The van der Waals surface area contributed by atoms with Crippen LogP contribution in [0.25, 0.3) is 0 Å². The number of phosphoric ester groups is 1. The maximum Gasteiger partial charge on any atom is 0.534 e. The molecule has 0 aliphatic carbocycles. The lowest BCUT2D eigenvalue weighted by atomic mass is 9.78. The first kappa shape index (κ1) is 27.7. The Labute approximate surface area is 212 Å². The topological polar surface area (TPSA) is 149 Å². The molecule has 3 atom stereocenters. The Morgan fingerprint density at radius 2 is 1.76 bits per heavy atom.